The molecule has 1 saturated carbocycles. The summed E-state index contributed by atoms with van der Waals surface area (Å²) >= 11 is 0. The van der Waals surface area contributed by atoms with Crippen molar-refractivity contribution in [1.29, 1.82) is 0 Å². The summed E-state index contributed by atoms with van der Waals surface area (Å²) in [5.74, 6) is 1.71. The van der Waals surface area contributed by atoms with E-state index in [4.69, 9.17) is 9.47 Å². The van der Waals surface area contributed by atoms with E-state index in [-0.39, 0.29) is 0 Å². The zero-order chi connectivity index (χ0) is 13.5. The molecule has 0 spiro atoms. The number of hydrogen-bond donors (Lipinski definition) is 1. The molecule has 0 saturated heterocycles. The molecule has 1 aromatic carbocycles. The second-order valence-corrected chi connectivity index (χ2v) is 5.33. The lowest BCUT2D eigenvalue weighted by Crippen LogP contribution is -2.37. The monoisotopic (exact) mass is 263 g/mol. The van der Waals surface area contributed by atoms with Crippen molar-refractivity contribution in [3.63, 3.8) is 0 Å². The average molecular weight is 263 g/mol. The standard InChI is InChI=1S/C16H25NO2/c1-17-16(14-7-3-4-8-14)12-19-15-9-5-6-13(10-15)11-18-2/h5-6,9-10,14,16-17H,3-4,7-8,11-12H2,1-2H3. The number of methoxy groups -OCH3 is 1. The number of likely N-dealkylation sites (N-methyl/N-ethyl adjacent to an activating group) is 1. The molecule has 19 heavy (non-hydrogen) atoms. The van der Waals surface area contributed by atoms with Crippen LogP contribution in [0.1, 0.15) is 31.2 Å². The summed E-state index contributed by atoms with van der Waals surface area (Å²) in [5, 5.41) is 3.40. The van der Waals surface area contributed by atoms with E-state index < -0.39 is 0 Å². The fraction of sp³-hybridized carbons (Fsp3) is 0.625. The lowest BCUT2D eigenvalue weighted by molar-refractivity contribution is 0.184. The Kier molecular flexibility index (Phi) is 5.67. The van der Waals surface area contributed by atoms with Gasteiger partial charge in [0.1, 0.15) is 12.4 Å². The zero-order valence-electron chi connectivity index (χ0n) is 12.0. The summed E-state index contributed by atoms with van der Waals surface area (Å²) in [4.78, 5) is 0. The first-order chi connectivity index (χ1) is 9.33. The number of ether oxygens (including phenoxy) is 2. The van der Waals surface area contributed by atoms with E-state index in [0.717, 1.165) is 23.8 Å². The van der Waals surface area contributed by atoms with Gasteiger partial charge in [-0.3, -0.25) is 0 Å². The van der Waals surface area contributed by atoms with Crippen molar-refractivity contribution in [3.05, 3.63) is 29.8 Å². The SMILES string of the molecule is CNC(COc1cccc(COC)c1)C1CCCC1. The summed E-state index contributed by atoms with van der Waals surface area (Å²) in [6, 6.07) is 8.62. The number of nitrogens with one attached hydrogen (secondary N) is 1. The van der Waals surface area contributed by atoms with E-state index in [1.807, 2.05) is 19.2 Å². The minimum atomic E-state index is 0.466. The maximum atomic E-state index is 5.94. The average Bonchev–Trinajstić information content (AvgIpc) is 2.94. The molecule has 3 heteroatoms. The molecule has 0 aromatic heterocycles. The van der Waals surface area contributed by atoms with Crippen LogP contribution in [0.3, 0.4) is 0 Å². The first-order valence-corrected chi connectivity index (χ1v) is 7.21. The molecule has 0 aliphatic heterocycles. The van der Waals surface area contributed by atoms with Gasteiger partial charge in [0.25, 0.3) is 0 Å². The van der Waals surface area contributed by atoms with Gasteiger partial charge >= 0.3 is 0 Å². The number of hydrogen-bond acceptors (Lipinski definition) is 3. The Hall–Kier alpha value is -1.06. The summed E-state index contributed by atoms with van der Waals surface area (Å²) in [5.41, 5.74) is 1.15. The van der Waals surface area contributed by atoms with Gasteiger partial charge in [-0.2, -0.15) is 0 Å². The Morgan fingerprint density at radius 2 is 2.11 bits per heavy atom. The van der Waals surface area contributed by atoms with Gasteiger partial charge in [-0.1, -0.05) is 25.0 Å². The normalized spacial score (nSPS) is 17.6. The van der Waals surface area contributed by atoms with Crippen LogP contribution in [0.15, 0.2) is 24.3 Å². The van der Waals surface area contributed by atoms with Crippen LogP contribution in [0.5, 0.6) is 5.75 Å². The molecule has 106 valence electrons. The molecule has 2 rings (SSSR count). The molecule has 1 N–H and O–H groups in total. The Morgan fingerprint density at radius 1 is 1.32 bits per heavy atom. The minimum absolute atomic E-state index is 0.466. The maximum absolute atomic E-state index is 5.94. The van der Waals surface area contributed by atoms with E-state index in [1.54, 1.807) is 7.11 Å². The maximum Gasteiger partial charge on any atom is 0.119 e. The third kappa shape index (κ3) is 4.22. The van der Waals surface area contributed by atoms with Crippen LogP contribution < -0.4 is 10.1 Å². The smallest absolute Gasteiger partial charge is 0.119 e. The third-order valence-electron chi connectivity index (χ3n) is 3.98. The summed E-state index contributed by atoms with van der Waals surface area (Å²) in [6.45, 7) is 1.38. The topological polar surface area (TPSA) is 30.5 Å². The molecule has 0 amide bonds. The third-order valence-corrected chi connectivity index (χ3v) is 3.98. The van der Waals surface area contributed by atoms with Crippen molar-refractivity contribution in [2.75, 3.05) is 20.8 Å². The highest BCUT2D eigenvalue weighted by molar-refractivity contribution is 5.28. The van der Waals surface area contributed by atoms with Crippen molar-refractivity contribution in [2.45, 2.75) is 38.3 Å². The summed E-state index contributed by atoms with van der Waals surface area (Å²) < 4.78 is 11.1. The van der Waals surface area contributed by atoms with Gasteiger partial charge in [0, 0.05) is 13.2 Å². The van der Waals surface area contributed by atoms with Crippen LogP contribution in [-0.2, 0) is 11.3 Å². The van der Waals surface area contributed by atoms with Gasteiger partial charge in [0.15, 0.2) is 0 Å². The second kappa shape index (κ2) is 7.51. The van der Waals surface area contributed by atoms with Crippen molar-refractivity contribution >= 4 is 0 Å². The lowest BCUT2D eigenvalue weighted by atomic mass is 9.99. The van der Waals surface area contributed by atoms with Crippen LogP contribution in [0, 0.1) is 5.92 Å². The predicted octanol–water partition coefficient (Wildman–Crippen LogP) is 2.99. The first kappa shape index (κ1) is 14.4. The van der Waals surface area contributed by atoms with Crippen molar-refractivity contribution in [3.8, 4) is 5.75 Å². The highest BCUT2D eigenvalue weighted by Gasteiger charge is 2.24. The molecule has 1 unspecified atom stereocenters. The molecule has 1 aliphatic carbocycles. The summed E-state index contributed by atoms with van der Waals surface area (Å²) in [6.07, 6.45) is 5.40. The van der Waals surface area contributed by atoms with Crippen molar-refractivity contribution < 1.29 is 9.47 Å². The highest BCUT2D eigenvalue weighted by atomic mass is 16.5. The molecular formula is C16H25NO2. The Labute approximate surface area is 116 Å². The fourth-order valence-electron chi connectivity index (χ4n) is 2.89. The minimum Gasteiger partial charge on any atom is -0.492 e. The largest absolute Gasteiger partial charge is 0.492 e. The molecule has 0 bridgehead atoms. The van der Waals surface area contributed by atoms with Gasteiger partial charge in [0.05, 0.1) is 6.61 Å². The quantitative estimate of drug-likeness (QED) is 0.820. The summed E-state index contributed by atoms with van der Waals surface area (Å²) in [7, 11) is 3.75. The lowest BCUT2D eigenvalue weighted by Gasteiger charge is -2.23. The molecule has 1 aromatic rings. The van der Waals surface area contributed by atoms with Crippen LogP contribution >= 0.6 is 0 Å². The van der Waals surface area contributed by atoms with Crippen molar-refractivity contribution in [2.24, 2.45) is 5.92 Å². The van der Waals surface area contributed by atoms with Gasteiger partial charge in [-0.25, -0.2) is 0 Å². The molecule has 1 aliphatic rings. The second-order valence-electron chi connectivity index (χ2n) is 5.33. The molecule has 0 heterocycles. The van der Waals surface area contributed by atoms with Gasteiger partial charge in [0.2, 0.25) is 0 Å². The van der Waals surface area contributed by atoms with E-state index in [0.29, 0.717) is 12.6 Å². The van der Waals surface area contributed by atoms with Crippen LogP contribution in [0.4, 0.5) is 0 Å². The highest BCUT2D eigenvalue weighted by Crippen LogP contribution is 2.28. The fourth-order valence-corrected chi connectivity index (χ4v) is 2.89. The Morgan fingerprint density at radius 3 is 2.79 bits per heavy atom. The van der Waals surface area contributed by atoms with Gasteiger partial charge in [-0.05, 0) is 43.5 Å². The Bertz CT molecular complexity index is 375. The van der Waals surface area contributed by atoms with Crippen LogP contribution in [0.25, 0.3) is 0 Å². The van der Waals surface area contributed by atoms with Gasteiger partial charge in [-0.15, -0.1) is 0 Å². The van der Waals surface area contributed by atoms with Crippen LogP contribution in [0.2, 0.25) is 0 Å². The predicted molar refractivity (Wildman–Crippen MR) is 77.5 cm³/mol. The van der Waals surface area contributed by atoms with Crippen molar-refractivity contribution in [1.82, 2.24) is 5.32 Å². The van der Waals surface area contributed by atoms with E-state index in [9.17, 15) is 0 Å². The molecule has 1 atom stereocenters. The van der Waals surface area contributed by atoms with E-state index >= 15 is 0 Å². The first-order valence-electron chi connectivity index (χ1n) is 7.21. The zero-order valence-corrected chi connectivity index (χ0v) is 12.0. The molecule has 3 nitrogen and oxygen atoms in total. The Balaban J connectivity index is 1.87. The van der Waals surface area contributed by atoms with Crippen LogP contribution in [-0.4, -0.2) is 26.8 Å². The molecular weight excluding hydrogens is 238 g/mol. The number of benzene rings is 1. The van der Waals surface area contributed by atoms with E-state index in [1.165, 1.54) is 25.7 Å². The van der Waals surface area contributed by atoms with Gasteiger partial charge < -0.3 is 14.8 Å². The molecule has 0 radical (unpaired) electrons. The molecule has 1 fully saturated rings. The number of rotatable bonds is 7. The van der Waals surface area contributed by atoms with E-state index in [2.05, 4.69) is 17.4 Å².